The lowest BCUT2D eigenvalue weighted by Gasteiger charge is -2.08. The Hall–Kier alpha value is -1.35. The number of nitrogens with two attached hydrogens (primary N) is 1. The predicted molar refractivity (Wildman–Crippen MR) is 53.9 cm³/mol. The fourth-order valence-electron chi connectivity index (χ4n) is 1.20. The van der Waals surface area contributed by atoms with Crippen LogP contribution in [0.3, 0.4) is 0 Å². The Kier molecular flexibility index (Phi) is 3.03. The highest BCUT2D eigenvalue weighted by Gasteiger charge is 2.06. The highest BCUT2D eigenvalue weighted by molar-refractivity contribution is 6.02. The van der Waals surface area contributed by atoms with Gasteiger partial charge in [0.15, 0.2) is 0 Å². The van der Waals surface area contributed by atoms with Crippen LogP contribution in [0.5, 0.6) is 0 Å². The van der Waals surface area contributed by atoms with E-state index >= 15 is 0 Å². The largest absolute Gasteiger partial charge is 0.398 e. The lowest BCUT2D eigenvalue weighted by atomic mass is 10.0. The van der Waals surface area contributed by atoms with Crippen LogP contribution in [-0.4, -0.2) is 10.8 Å². The summed E-state index contributed by atoms with van der Waals surface area (Å²) in [4.78, 5) is 0. The van der Waals surface area contributed by atoms with Crippen molar-refractivity contribution in [3.63, 3.8) is 0 Å². The lowest BCUT2D eigenvalue weighted by Crippen LogP contribution is -2.05. The van der Waals surface area contributed by atoms with Crippen LogP contribution in [0, 0.1) is 5.41 Å². The molecule has 4 N–H and O–H groups in total. The molecule has 0 amide bonds. The Bertz CT molecular complexity index is 321. The third kappa shape index (κ3) is 1.87. The van der Waals surface area contributed by atoms with Crippen molar-refractivity contribution in [1.82, 2.24) is 0 Å². The van der Waals surface area contributed by atoms with Gasteiger partial charge in [0, 0.05) is 22.5 Å². The van der Waals surface area contributed by atoms with Crippen molar-refractivity contribution < 1.29 is 5.11 Å². The molecule has 0 heterocycles. The molecule has 3 heteroatoms. The van der Waals surface area contributed by atoms with Crippen molar-refractivity contribution in [3.8, 4) is 0 Å². The standard InChI is InChI=1S/C10H14N2O/c1-2-9(11)8-5-3-4-7(6-13)10(8)12/h3-5,11,13H,2,6,12H2,1H3. The fourth-order valence-corrected chi connectivity index (χ4v) is 1.20. The summed E-state index contributed by atoms with van der Waals surface area (Å²) in [5, 5.41) is 16.6. The number of rotatable bonds is 3. The van der Waals surface area contributed by atoms with Crippen molar-refractivity contribution in [2.75, 3.05) is 5.73 Å². The normalized spacial score (nSPS) is 10.0. The van der Waals surface area contributed by atoms with E-state index in [-0.39, 0.29) is 6.61 Å². The van der Waals surface area contributed by atoms with E-state index in [1.165, 1.54) is 0 Å². The summed E-state index contributed by atoms with van der Waals surface area (Å²) in [7, 11) is 0. The zero-order valence-corrected chi connectivity index (χ0v) is 7.67. The molecule has 0 saturated carbocycles. The molecule has 0 fully saturated rings. The van der Waals surface area contributed by atoms with Gasteiger partial charge in [0.25, 0.3) is 0 Å². The highest BCUT2D eigenvalue weighted by Crippen LogP contribution is 2.18. The maximum Gasteiger partial charge on any atom is 0.0702 e. The van der Waals surface area contributed by atoms with Gasteiger partial charge in [0.2, 0.25) is 0 Å². The molecule has 0 spiro atoms. The molecule has 1 aromatic rings. The summed E-state index contributed by atoms with van der Waals surface area (Å²) < 4.78 is 0. The Balaban J connectivity index is 3.15. The molecule has 0 unspecified atom stereocenters. The number of aliphatic hydroxyl groups is 1. The highest BCUT2D eigenvalue weighted by atomic mass is 16.3. The molecule has 0 saturated heterocycles. The Labute approximate surface area is 77.7 Å². The molecular formula is C10H14N2O. The summed E-state index contributed by atoms with van der Waals surface area (Å²) >= 11 is 0. The number of anilines is 1. The van der Waals surface area contributed by atoms with Crippen LogP contribution in [-0.2, 0) is 6.61 Å². The maximum atomic E-state index is 8.95. The van der Waals surface area contributed by atoms with E-state index in [1.54, 1.807) is 18.2 Å². The van der Waals surface area contributed by atoms with E-state index < -0.39 is 0 Å². The SMILES string of the molecule is CCC(=N)c1cccc(CO)c1N. The minimum Gasteiger partial charge on any atom is -0.398 e. The van der Waals surface area contributed by atoms with Gasteiger partial charge in [-0.15, -0.1) is 0 Å². The van der Waals surface area contributed by atoms with Crippen molar-refractivity contribution >= 4 is 11.4 Å². The molecule has 1 aromatic carbocycles. The minimum absolute atomic E-state index is 0.0728. The summed E-state index contributed by atoms with van der Waals surface area (Å²) in [5.41, 5.74) is 8.22. The van der Waals surface area contributed by atoms with Crippen molar-refractivity contribution in [3.05, 3.63) is 29.3 Å². The second-order valence-electron chi connectivity index (χ2n) is 2.87. The maximum absolute atomic E-state index is 8.95. The van der Waals surface area contributed by atoms with Crippen LogP contribution in [0.1, 0.15) is 24.5 Å². The van der Waals surface area contributed by atoms with E-state index in [2.05, 4.69) is 0 Å². The first-order valence-electron chi connectivity index (χ1n) is 4.26. The van der Waals surface area contributed by atoms with Gasteiger partial charge >= 0.3 is 0 Å². The first-order chi connectivity index (χ1) is 6.20. The second kappa shape index (κ2) is 4.05. The van der Waals surface area contributed by atoms with Gasteiger partial charge < -0.3 is 16.2 Å². The molecule has 0 aliphatic rings. The molecule has 1 rings (SSSR count). The second-order valence-corrected chi connectivity index (χ2v) is 2.87. The number of nitrogens with one attached hydrogen (secondary N) is 1. The Morgan fingerprint density at radius 2 is 2.23 bits per heavy atom. The molecule has 3 nitrogen and oxygen atoms in total. The van der Waals surface area contributed by atoms with E-state index in [9.17, 15) is 0 Å². The van der Waals surface area contributed by atoms with E-state index in [1.807, 2.05) is 6.92 Å². The average molecular weight is 178 g/mol. The first-order valence-corrected chi connectivity index (χ1v) is 4.26. The number of hydrogen-bond donors (Lipinski definition) is 3. The lowest BCUT2D eigenvalue weighted by molar-refractivity contribution is 0.282. The molecule has 70 valence electrons. The molecule has 0 atom stereocenters. The van der Waals surface area contributed by atoms with Gasteiger partial charge in [0.1, 0.15) is 0 Å². The van der Waals surface area contributed by atoms with Gasteiger partial charge in [-0.05, 0) is 6.42 Å². The number of nitrogen functional groups attached to an aromatic ring is 1. The van der Waals surface area contributed by atoms with Gasteiger partial charge in [-0.2, -0.15) is 0 Å². The zero-order chi connectivity index (χ0) is 9.84. The molecule has 0 aliphatic carbocycles. The Morgan fingerprint density at radius 3 is 2.77 bits per heavy atom. The van der Waals surface area contributed by atoms with Crippen LogP contribution in [0.25, 0.3) is 0 Å². The topological polar surface area (TPSA) is 70.1 Å². The van der Waals surface area contributed by atoms with Crippen LogP contribution in [0.2, 0.25) is 0 Å². The number of benzene rings is 1. The Morgan fingerprint density at radius 1 is 1.54 bits per heavy atom. The predicted octanol–water partition coefficient (Wildman–Crippen LogP) is 1.54. The average Bonchev–Trinajstić information content (AvgIpc) is 2.17. The zero-order valence-electron chi connectivity index (χ0n) is 7.67. The summed E-state index contributed by atoms with van der Waals surface area (Å²) in [5.74, 6) is 0. The van der Waals surface area contributed by atoms with Gasteiger partial charge in [-0.3, -0.25) is 0 Å². The third-order valence-electron chi connectivity index (χ3n) is 2.05. The van der Waals surface area contributed by atoms with Crippen LogP contribution < -0.4 is 5.73 Å². The molecule has 0 radical (unpaired) electrons. The summed E-state index contributed by atoms with van der Waals surface area (Å²) in [6.07, 6.45) is 0.652. The fraction of sp³-hybridized carbons (Fsp3) is 0.300. The molecular weight excluding hydrogens is 164 g/mol. The monoisotopic (exact) mass is 178 g/mol. The molecule has 0 bridgehead atoms. The van der Waals surface area contributed by atoms with Crippen LogP contribution >= 0.6 is 0 Å². The smallest absolute Gasteiger partial charge is 0.0702 e. The van der Waals surface area contributed by atoms with Crippen molar-refractivity contribution in [2.45, 2.75) is 20.0 Å². The summed E-state index contributed by atoms with van der Waals surface area (Å²) in [6.45, 7) is 1.84. The molecule has 0 aromatic heterocycles. The van der Waals surface area contributed by atoms with Gasteiger partial charge in [0.05, 0.1) is 6.61 Å². The van der Waals surface area contributed by atoms with E-state index in [0.29, 0.717) is 23.4 Å². The molecule has 0 aliphatic heterocycles. The van der Waals surface area contributed by atoms with Crippen LogP contribution in [0.15, 0.2) is 18.2 Å². The van der Waals surface area contributed by atoms with E-state index in [4.69, 9.17) is 16.2 Å². The quantitative estimate of drug-likeness (QED) is 0.485. The van der Waals surface area contributed by atoms with Crippen molar-refractivity contribution in [1.29, 1.82) is 5.41 Å². The third-order valence-corrected chi connectivity index (χ3v) is 2.05. The van der Waals surface area contributed by atoms with E-state index in [0.717, 1.165) is 5.56 Å². The van der Waals surface area contributed by atoms with Crippen LogP contribution in [0.4, 0.5) is 5.69 Å². The number of hydrogen-bond acceptors (Lipinski definition) is 3. The van der Waals surface area contributed by atoms with Gasteiger partial charge in [-0.1, -0.05) is 25.1 Å². The summed E-state index contributed by atoms with van der Waals surface area (Å²) in [6, 6.07) is 5.38. The van der Waals surface area contributed by atoms with Crippen molar-refractivity contribution in [2.24, 2.45) is 0 Å². The van der Waals surface area contributed by atoms with Gasteiger partial charge in [-0.25, -0.2) is 0 Å². The molecule has 13 heavy (non-hydrogen) atoms. The first kappa shape index (κ1) is 9.74. The number of aliphatic hydroxyl groups excluding tert-OH is 1. The minimum atomic E-state index is -0.0728. The number of para-hydroxylation sites is 1.